The zero-order valence-electron chi connectivity index (χ0n) is 17.1. The molecule has 0 aliphatic heterocycles. The largest absolute Gasteiger partial charge is 0.481 e. The maximum atomic E-state index is 12.5. The van der Waals surface area contributed by atoms with Crippen molar-refractivity contribution in [1.29, 1.82) is 0 Å². The van der Waals surface area contributed by atoms with Crippen molar-refractivity contribution in [2.24, 2.45) is 17.8 Å². The number of thioether (sulfide) groups is 1. The highest BCUT2D eigenvalue weighted by Gasteiger charge is 2.34. The van der Waals surface area contributed by atoms with E-state index in [-0.39, 0.29) is 11.7 Å². The number of thiazole rings is 1. The summed E-state index contributed by atoms with van der Waals surface area (Å²) in [6, 6.07) is 0. The number of aromatic nitrogens is 1. The smallest absolute Gasteiger partial charge is 0.313 e. The Balaban J connectivity index is 1.49. The van der Waals surface area contributed by atoms with E-state index in [1.54, 1.807) is 6.20 Å². The van der Waals surface area contributed by atoms with Crippen molar-refractivity contribution in [2.45, 2.75) is 74.5 Å². The van der Waals surface area contributed by atoms with Gasteiger partial charge in [0.2, 0.25) is 5.91 Å². The van der Waals surface area contributed by atoms with E-state index in [1.807, 2.05) is 7.11 Å². The lowest BCUT2D eigenvalue weighted by molar-refractivity contribution is -0.133. The van der Waals surface area contributed by atoms with Crippen molar-refractivity contribution in [3.8, 4) is 0 Å². The van der Waals surface area contributed by atoms with Gasteiger partial charge in [-0.2, -0.15) is 0 Å². The lowest BCUT2D eigenvalue weighted by Gasteiger charge is -2.36. The summed E-state index contributed by atoms with van der Waals surface area (Å²) < 4.78 is 6.34. The van der Waals surface area contributed by atoms with E-state index in [9.17, 15) is 9.59 Å². The maximum absolute atomic E-state index is 12.5. The van der Waals surface area contributed by atoms with Crippen LogP contribution in [0, 0.1) is 17.8 Å². The predicted molar refractivity (Wildman–Crippen MR) is 117 cm³/mol. The molecule has 0 saturated heterocycles. The van der Waals surface area contributed by atoms with E-state index in [4.69, 9.17) is 9.84 Å². The fourth-order valence-electron chi connectivity index (χ4n) is 4.99. The highest BCUT2D eigenvalue weighted by Crippen LogP contribution is 2.43. The minimum atomic E-state index is -0.855. The van der Waals surface area contributed by atoms with Crippen LogP contribution < -0.4 is 5.32 Å². The van der Waals surface area contributed by atoms with Gasteiger partial charge in [-0.3, -0.25) is 9.59 Å². The Kier molecular flexibility index (Phi) is 8.81. The molecule has 1 aromatic rings. The Morgan fingerprint density at radius 3 is 2.59 bits per heavy atom. The summed E-state index contributed by atoms with van der Waals surface area (Å²) >= 11 is 2.56. The van der Waals surface area contributed by atoms with E-state index >= 15 is 0 Å². The monoisotopic (exact) mass is 440 g/mol. The molecule has 0 aromatic carbocycles. The fraction of sp³-hybridized carbons (Fsp3) is 0.762. The number of carbonyl (C=O) groups excluding carboxylic acids is 1. The first kappa shape index (κ1) is 22.6. The van der Waals surface area contributed by atoms with Gasteiger partial charge in [-0.15, -0.1) is 11.8 Å². The molecule has 1 atom stereocenters. The van der Waals surface area contributed by atoms with Crippen LogP contribution in [0.2, 0.25) is 0 Å². The molecule has 162 valence electrons. The van der Waals surface area contributed by atoms with Gasteiger partial charge < -0.3 is 15.2 Å². The van der Waals surface area contributed by atoms with Gasteiger partial charge in [0.05, 0.1) is 22.3 Å². The van der Waals surface area contributed by atoms with Crippen molar-refractivity contribution in [1.82, 2.24) is 4.98 Å². The summed E-state index contributed by atoms with van der Waals surface area (Å²) in [6.45, 7) is 0. The quantitative estimate of drug-likeness (QED) is 0.495. The lowest BCUT2D eigenvalue weighted by atomic mass is 9.71. The Bertz CT molecular complexity index is 667. The summed E-state index contributed by atoms with van der Waals surface area (Å²) in [5, 5.41) is 12.2. The molecule has 2 N–H and O–H groups in total. The second kappa shape index (κ2) is 11.3. The van der Waals surface area contributed by atoms with Crippen LogP contribution in [0.5, 0.6) is 0 Å². The van der Waals surface area contributed by atoms with Gasteiger partial charge in [0.1, 0.15) is 0 Å². The standard InChI is InChI=1S/C21H32N2O4S2/c1-27-16-8-6-15(7-9-16)17(14-4-2-3-5-14)10-11-18(24)23-21-22-12-20(29-21)28-13-19(25)26/h12,14-17H,2-11,13H2,1H3,(H,25,26)(H,22,23,24). The maximum Gasteiger partial charge on any atom is 0.313 e. The third-order valence-corrected chi connectivity index (χ3v) is 8.53. The van der Waals surface area contributed by atoms with Gasteiger partial charge in [0.25, 0.3) is 0 Å². The second-order valence-electron chi connectivity index (χ2n) is 8.23. The van der Waals surface area contributed by atoms with Crippen LogP contribution >= 0.6 is 23.1 Å². The van der Waals surface area contributed by atoms with Gasteiger partial charge in [0, 0.05) is 13.5 Å². The molecule has 6 nitrogen and oxygen atoms in total. The molecule has 1 aromatic heterocycles. The highest BCUT2D eigenvalue weighted by atomic mass is 32.2. The first-order valence-corrected chi connectivity index (χ1v) is 12.5. The normalized spacial score (nSPS) is 23.8. The molecule has 0 bridgehead atoms. The summed E-state index contributed by atoms with van der Waals surface area (Å²) in [5.74, 6) is 1.29. The number of nitrogens with zero attached hydrogens (tertiary/aromatic N) is 1. The van der Waals surface area contributed by atoms with Crippen molar-refractivity contribution in [3.63, 3.8) is 0 Å². The van der Waals surface area contributed by atoms with Crippen LogP contribution in [0.1, 0.15) is 64.2 Å². The molecule has 2 aliphatic rings. The van der Waals surface area contributed by atoms with Crippen molar-refractivity contribution in [2.75, 3.05) is 18.2 Å². The minimum absolute atomic E-state index is 0.00393. The summed E-state index contributed by atoms with van der Waals surface area (Å²) in [5.41, 5.74) is 0. The topological polar surface area (TPSA) is 88.5 Å². The van der Waals surface area contributed by atoms with Gasteiger partial charge in [-0.1, -0.05) is 37.0 Å². The number of amides is 1. The molecule has 29 heavy (non-hydrogen) atoms. The third kappa shape index (κ3) is 6.96. The molecule has 3 rings (SSSR count). The summed E-state index contributed by atoms with van der Waals surface area (Å²) in [6.07, 6.45) is 13.5. The number of carboxylic acids is 1. The SMILES string of the molecule is COC1CCC(C(CCC(=O)Nc2ncc(SCC(=O)O)s2)C2CCCC2)CC1. The minimum Gasteiger partial charge on any atom is -0.481 e. The average molecular weight is 441 g/mol. The molecule has 2 aliphatic carbocycles. The van der Waals surface area contributed by atoms with E-state index < -0.39 is 5.97 Å². The molecule has 1 heterocycles. The van der Waals surface area contributed by atoms with Gasteiger partial charge in [0.15, 0.2) is 5.13 Å². The number of carboxylic acid groups (broad SMARTS) is 1. The molecule has 8 heteroatoms. The summed E-state index contributed by atoms with van der Waals surface area (Å²) in [4.78, 5) is 27.4. The molecule has 1 amide bonds. The van der Waals surface area contributed by atoms with E-state index in [0.717, 1.165) is 35.3 Å². The zero-order valence-corrected chi connectivity index (χ0v) is 18.7. The van der Waals surface area contributed by atoms with Gasteiger partial charge >= 0.3 is 5.97 Å². The number of anilines is 1. The van der Waals surface area contributed by atoms with Crippen LogP contribution in [0.3, 0.4) is 0 Å². The number of aliphatic carboxylic acids is 1. The number of hydrogen-bond donors (Lipinski definition) is 2. The Hall–Kier alpha value is -1.12. The fourth-order valence-corrected chi connectivity index (χ4v) is 6.60. The number of carbonyl (C=O) groups is 2. The van der Waals surface area contributed by atoms with E-state index in [1.165, 1.54) is 61.6 Å². The first-order valence-electron chi connectivity index (χ1n) is 10.7. The average Bonchev–Trinajstić information content (AvgIpc) is 3.39. The number of methoxy groups -OCH3 is 1. The van der Waals surface area contributed by atoms with Gasteiger partial charge in [-0.25, -0.2) is 4.98 Å². The molecule has 0 spiro atoms. The number of rotatable bonds is 10. The Morgan fingerprint density at radius 2 is 1.93 bits per heavy atom. The number of ether oxygens (including phenoxy) is 1. The van der Waals surface area contributed by atoms with Crippen LogP contribution in [-0.2, 0) is 14.3 Å². The molecule has 2 fully saturated rings. The van der Waals surface area contributed by atoms with Crippen LogP contribution in [0.25, 0.3) is 0 Å². The lowest BCUT2D eigenvalue weighted by Crippen LogP contribution is -2.29. The van der Waals surface area contributed by atoms with E-state index in [2.05, 4.69) is 10.3 Å². The van der Waals surface area contributed by atoms with Crippen LogP contribution in [0.4, 0.5) is 5.13 Å². The number of nitrogens with one attached hydrogen (secondary N) is 1. The van der Waals surface area contributed by atoms with Crippen molar-refractivity contribution < 1.29 is 19.4 Å². The van der Waals surface area contributed by atoms with Crippen LogP contribution in [0.15, 0.2) is 10.4 Å². The predicted octanol–water partition coefficient (Wildman–Crippen LogP) is 5.05. The van der Waals surface area contributed by atoms with E-state index in [0.29, 0.717) is 23.6 Å². The number of hydrogen-bond acceptors (Lipinski definition) is 6. The highest BCUT2D eigenvalue weighted by molar-refractivity contribution is 8.01. The molecule has 1 unspecified atom stereocenters. The van der Waals surface area contributed by atoms with Gasteiger partial charge in [-0.05, 0) is 49.9 Å². The Labute approximate surface area is 181 Å². The first-order chi connectivity index (χ1) is 14.0. The molecular formula is C21H32N2O4S2. The van der Waals surface area contributed by atoms with Crippen molar-refractivity contribution in [3.05, 3.63) is 6.20 Å². The zero-order chi connectivity index (χ0) is 20.6. The Morgan fingerprint density at radius 1 is 1.24 bits per heavy atom. The summed E-state index contributed by atoms with van der Waals surface area (Å²) in [7, 11) is 1.81. The molecular weight excluding hydrogens is 408 g/mol. The third-order valence-electron chi connectivity index (χ3n) is 6.44. The second-order valence-corrected chi connectivity index (χ2v) is 10.5. The van der Waals surface area contributed by atoms with Crippen LogP contribution in [-0.4, -0.2) is 40.9 Å². The van der Waals surface area contributed by atoms with Crippen molar-refractivity contribution >= 4 is 40.1 Å². The molecule has 0 radical (unpaired) electrons. The molecule has 2 saturated carbocycles.